The summed E-state index contributed by atoms with van der Waals surface area (Å²) in [6.07, 6.45) is 4.39. The van der Waals surface area contributed by atoms with Crippen LogP contribution in [0.25, 0.3) is 0 Å². The standard InChI is InChI=1S/C22H18BrN3O5/c1-29-19-7-5-14(11-20(19)30-2)22(28)31-18-8-6-17(23)10-16(18)13-25-26-21(27)15-4-3-9-24-12-15/h3-13H,1-2H3,(H,26,27)/b25-13-. The number of halogens is 1. The third kappa shape index (κ3) is 5.67. The van der Waals surface area contributed by atoms with Crippen molar-refractivity contribution in [3.05, 3.63) is 82.1 Å². The quantitative estimate of drug-likeness (QED) is 0.237. The summed E-state index contributed by atoms with van der Waals surface area (Å²) in [6, 6.07) is 13.0. The minimum absolute atomic E-state index is 0.266. The number of esters is 1. The number of carbonyl (C=O) groups is 2. The van der Waals surface area contributed by atoms with Crippen LogP contribution in [-0.2, 0) is 0 Å². The number of methoxy groups -OCH3 is 2. The third-order valence-corrected chi connectivity index (χ3v) is 4.58. The molecule has 0 saturated heterocycles. The van der Waals surface area contributed by atoms with E-state index < -0.39 is 11.9 Å². The van der Waals surface area contributed by atoms with Gasteiger partial charge in [-0.05, 0) is 48.5 Å². The van der Waals surface area contributed by atoms with E-state index in [1.54, 1.807) is 48.7 Å². The summed E-state index contributed by atoms with van der Waals surface area (Å²) >= 11 is 3.37. The number of pyridine rings is 1. The van der Waals surface area contributed by atoms with Crippen LogP contribution in [0.3, 0.4) is 0 Å². The molecule has 1 heterocycles. The number of nitrogens with zero attached hydrogens (tertiary/aromatic N) is 2. The molecule has 0 unspecified atom stereocenters. The summed E-state index contributed by atoms with van der Waals surface area (Å²) in [6.45, 7) is 0. The van der Waals surface area contributed by atoms with Gasteiger partial charge in [0.15, 0.2) is 11.5 Å². The zero-order valence-corrected chi connectivity index (χ0v) is 18.3. The highest BCUT2D eigenvalue weighted by Crippen LogP contribution is 2.29. The monoisotopic (exact) mass is 483 g/mol. The van der Waals surface area contributed by atoms with Crippen LogP contribution < -0.4 is 19.6 Å². The molecule has 3 aromatic rings. The molecule has 0 aliphatic rings. The van der Waals surface area contributed by atoms with E-state index in [1.807, 2.05) is 0 Å². The Labute approximate surface area is 187 Å². The normalized spacial score (nSPS) is 10.5. The Morgan fingerprint density at radius 3 is 2.48 bits per heavy atom. The van der Waals surface area contributed by atoms with E-state index in [-0.39, 0.29) is 11.3 Å². The molecule has 3 rings (SSSR count). The van der Waals surface area contributed by atoms with Gasteiger partial charge in [-0.2, -0.15) is 5.10 Å². The fourth-order valence-corrected chi connectivity index (χ4v) is 2.94. The predicted molar refractivity (Wildman–Crippen MR) is 118 cm³/mol. The molecule has 0 spiro atoms. The van der Waals surface area contributed by atoms with Gasteiger partial charge < -0.3 is 14.2 Å². The van der Waals surface area contributed by atoms with Crippen molar-refractivity contribution in [3.8, 4) is 17.2 Å². The van der Waals surface area contributed by atoms with Crippen LogP contribution in [0, 0.1) is 0 Å². The van der Waals surface area contributed by atoms with Crippen molar-refractivity contribution in [2.24, 2.45) is 5.10 Å². The molecule has 0 saturated carbocycles. The molecule has 8 nitrogen and oxygen atoms in total. The number of nitrogens with one attached hydrogen (secondary N) is 1. The van der Waals surface area contributed by atoms with Crippen LogP contribution in [-0.4, -0.2) is 37.3 Å². The Morgan fingerprint density at radius 2 is 1.77 bits per heavy atom. The molecule has 2 aromatic carbocycles. The largest absolute Gasteiger partial charge is 0.493 e. The third-order valence-electron chi connectivity index (χ3n) is 4.09. The number of carbonyl (C=O) groups excluding carboxylic acids is 2. The average Bonchev–Trinajstić information content (AvgIpc) is 2.80. The number of hydrogen-bond donors (Lipinski definition) is 1. The first-order valence-electron chi connectivity index (χ1n) is 8.99. The molecule has 1 N–H and O–H groups in total. The van der Waals surface area contributed by atoms with Crippen LogP contribution in [0.5, 0.6) is 17.2 Å². The number of ether oxygens (including phenoxy) is 3. The van der Waals surface area contributed by atoms with Gasteiger partial charge in [0, 0.05) is 22.4 Å². The van der Waals surface area contributed by atoms with E-state index in [4.69, 9.17) is 14.2 Å². The predicted octanol–water partition coefficient (Wildman–Crippen LogP) is 3.84. The van der Waals surface area contributed by atoms with E-state index in [9.17, 15) is 9.59 Å². The van der Waals surface area contributed by atoms with Gasteiger partial charge in [0.05, 0.1) is 31.6 Å². The van der Waals surface area contributed by atoms with E-state index >= 15 is 0 Å². The van der Waals surface area contributed by atoms with Gasteiger partial charge in [-0.1, -0.05) is 15.9 Å². The second kappa shape index (κ2) is 10.4. The first-order chi connectivity index (χ1) is 15.0. The minimum Gasteiger partial charge on any atom is -0.493 e. The number of aromatic nitrogens is 1. The number of rotatable bonds is 7. The summed E-state index contributed by atoms with van der Waals surface area (Å²) in [7, 11) is 2.99. The second-order valence-corrected chi connectivity index (χ2v) is 7.00. The fraction of sp³-hybridized carbons (Fsp3) is 0.0909. The van der Waals surface area contributed by atoms with Gasteiger partial charge in [0.1, 0.15) is 5.75 Å². The molecule has 9 heteroatoms. The van der Waals surface area contributed by atoms with Crippen LogP contribution in [0.15, 0.2) is 70.5 Å². The second-order valence-electron chi connectivity index (χ2n) is 6.08. The lowest BCUT2D eigenvalue weighted by Gasteiger charge is -2.11. The Bertz CT molecular complexity index is 1120. The highest BCUT2D eigenvalue weighted by molar-refractivity contribution is 9.10. The van der Waals surface area contributed by atoms with Crippen molar-refractivity contribution >= 4 is 34.0 Å². The first-order valence-corrected chi connectivity index (χ1v) is 9.78. The van der Waals surface area contributed by atoms with Gasteiger partial charge >= 0.3 is 5.97 Å². The maximum atomic E-state index is 12.6. The maximum absolute atomic E-state index is 12.6. The van der Waals surface area contributed by atoms with Crippen LogP contribution in [0.4, 0.5) is 0 Å². The highest BCUT2D eigenvalue weighted by Gasteiger charge is 2.15. The van der Waals surface area contributed by atoms with Gasteiger partial charge in [0.2, 0.25) is 0 Å². The van der Waals surface area contributed by atoms with Crippen molar-refractivity contribution in [2.75, 3.05) is 14.2 Å². The Balaban J connectivity index is 1.77. The smallest absolute Gasteiger partial charge is 0.343 e. The van der Waals surface area contributed by atoms with Crippen LogP contribution in [0.2, 0.25) is 0 Å². The zero-order chi connectivity index (χ0) is 22.2. The number of amides is 1. The average molecular weight is 484 g/mol. The van der Waals surface area contributed by atoms with Crippen molar-refractivity contribution in [2.45, 2.75) is 0 Å². The van der Waals surface area contributed by atoms with Gasteiger partial charge in [-0.3, -0.25) is 9.78 Å². The van der Waals surface area contributed by atoms with Crippen molar-refractivity contribution in [1.29, 1.82) is 0 Å². The van der Waals surface area contributed by atoms with E-state index in [1.165, 1.54) is 32.7 Å². The van der Waals surface area contributed by atoms with Crippen molar-refractivity contribution in [3.63, 3.8) is 0 Å². The summed E-state index contributed by atoms with van der Waals surface area (Å²) in [5.41, 5.74) is 3.55. The van der Waals surface area contributed by atoms with E-state index in [0.717, 1.165) is 4.47 Å². The molecule has 1 amide bonds. The Kier molecular flexibility index (Phi) is 7.34. The highest BCUT2D eigenvalue weighted by atomic mass is 79.9. The molecular formula is C22H18BrN3O5. The maximum Gasteiger partial charge on any atom is 0.343 e. The summed E-state index contributed by atoms with van der Waals surface area (Å²) in [5, 5.41) is 3.95. The van der Waals surface area contributed by atoms with E-state index in [2.05, 4.69) is 31.4 Å². The lowest BCUT2D eigenvalue weighted by molar-refractivity contribution is 0.0733. The molecule has 0 atom stereocenters. The summed E-state index contributed by atoms with van der Waals surface area (Å²) in [4.78, 5) is 28.6. The van der Waals surface area contributed by atoms with Gasteiger partial charge in [-0.25, -0.2) is 10.2 Å². The lowest BCUT2D eigenvalue weighted by atomic mass is 10.2. The number of benzene rings is 2. The lowest BCUT2D eigenvalue weighted by Crippen LogP contribution is -2.17. The zero-order valence-electron chi connectivity index (χ0n) is 16.7. The molecule has 0 aliphatic carbocycles. The van der Waals surface area contributed by atoms with Crippen LogP contribution in [0.1, 0.15) is 26.3 Å². The summed E-state index contributed by atoms with van der Waals surface area (Å²) in [5.74, 6) is 0.176. The number of hydrazone groups is 1. The molecule has 158 valence electrons. The molecule has 0 fully saturated rings. The molecule has 0 aliphatic heterocycles. The molecule has 31 heavy (non-hydrogen) atoms. The molecular weight excluding hydrogens is 466 g/mol. The summed E-state index contributed by atoms with van der Waals surface area (Å²) < 4.78 is 16.7. The van der Waals surface area contributed by atoms with E-state index in [0.29, 0.717) is 22.6 Å². The van der Waals surface area contributed by atoms with Crippen molar-refractivity contribution in [1.82, 2.24) is 10.4 Å². The van der Waals surface area contributed by atoms with Crippen LogP contribution >= 0.6 is 15.9 Å². The molecule has 0 radical (unpaired) electrons. The minimum atomic E-state index is -0.586. The van der Waals surface area contributed by atoms with Gasteiger partial charge in [-0.15, -0.1) is 0 Å². The molecule has 1 aromatic heterocycles. The first kappa shape index (κ1) is 22.0. The SMILES string of the molecule is COc1ccc(C(=O)Oc2ccc(Br)cc2/C=N\NC(=O)c2cccnc2)cc1OC. The van der Waals surface area contributed by atoms with Crippen molar-refractivity contribution < 1.29 is 23.8 Å². The number of hydrogen-bond acceptors (Lipinski definition) is 7. The topological polar surface area (TPSA) is 99.1 Å². The Morgan fingerprint density at radius 1 is 1.00 bits per heavy atom. The van der Waals surface area contributed by atoms with Gasteiger partial charge in [0.25, 0.3) is 5.91 Å². The Hall–Kier alpha value is -3.72. The molecule has 0 bridgehead atoms. The fourth-order valence-electron chi connectivity index (χ4n) is 2.56.